The monoisotopic (exact) mass is 526 g/mol. The van der Waals surface area contributed by atoms with Crippen LogP contribution in [-0.4, -0.2) is 61.3 Å². The van der Waals surface area contributed by atoms with Crippen molar-refractivity contribution in [3.63, 3.8) is 0 Å². The van der Waals surface area contributed by atoms with Gasteiger partial charge in [-0.15, -0.1) is 0 Å². The Bertz CT molecular complexity index is 862. The minimum absolute atomic E-state index is 0.0207. The van der Waals surface area contributed by atoms with E-state index in [1.807, 2.05) is 24.3 Å². The highest BCUT2D eigenvalue weighted by Crippen LogP contribution is 2.17. The van der Waals surface area contributed by atoms with E-state index in [4.69, 9.17) is 0 Å². The van der Waals surface area contributed by atoms with Gasteiger partial charge in [0.05, 0.1) is 0 Å². The van der Waals surface area contributed by atoms with E-state index in [1.54, 1.807) is 24.3 Å². The molecular weight excluding hydrogens is 480 g/mol. The molecule has 0 saturated carbocycles. The second kappa shape index (κ2) is 19.9. The van der Waals surface area contributed by atoms with E-state index in [1.165, 1.54) is 12.8 Å². The third kappa shape index (κ3) is 14.6. The molecule has 2 rings (SSSR count). The van der Waals surface area contributed by atoms with E-state index < -0.39 is 0 Å². The lowest BCUT2D eigenvalue weighted by atomic mass is 10.1. The van der Waals surface area contributed by atoms with Crippen LogP contribution in [0.4, 0.5) is 0 Å². The molecule has 2 amide bonds. The lowest BCUT2D eigenvalue weighted by molar-refractivity contribution is -0.121. The van der Waals surface area contributed by atoms with Gasteiger partial charge in [-0.05, 0) is 88.0 Å². The number of hydrogen-bond acceptors (Lipinski definition) is 6. The number of carbonyl (C=O) groups is 2. The lowest BCUT2D eigenvalue weighted by Gasteiger charge is -2.08. The quantitative estimate of drug-likeness (QED) is 0.139. The van der Waals surface area contributed by atoms with E-state index in [0.29, 0.717) is 38.8 Å². The fraction of sp³-hybridized carbons (Fsp3) is 0.533. The maximum absolute atomic E-state index is 11.9. The van der Waals surface area contributed by atoms with Crippen molar-refractivity contribution < 1.29 is 19.8 Å². The van der Waals surface area contributed by atoms with Crippen LogP contribution in [0.3, 0.4) is 0 Å². The van der Waals surface area contributed by atoms with Gasteiger partial charge in [0.2, 0.25) is 11.8 Å². The molecule has 210 valence electrons. The number of rotatable bonds is 21. The van der Waals surface area contributed by atoms with Crippen LogP contribution in [0.5, 0.6) is 11.5 Å². The van der Waals surface area contributed by atoms with Crippen LogP contribution < -0.4 is 21.3 Å². The molecule has 0 bridgehead atoms. The molecule has 0 aromatic heterocycles. The van der Waals surface area contributed by atoms with Crippen LogP contribution in [0.25, 0.3) is 0 Å². The van der Waals surface area contributed by atoms with Crippen molar-refractivity contribution in [2.45, 2.75) is 64.2 Å². The van der Waals surface area contributed by atoms with Crippen molar-refractivity contribution in [2.75, 3.05) is 39.3 Å². The number of nitrogens with one attached hydrogen (secondary N) is 4. The maximum atomic E-state index is 11.9. The zero-order valence-corrected chi connectivity index (χ0v) is 22.6. The van der Waals surface area contributed by atoms with Crippen molar-refractivity contribution in [1.82, 2.24) is 21.3 Å². The summed E-state index contributed by atoms with van der Waals surface area (Å²) in [4.78, 5) is 23.9. The molecule has 6 N–H and O–H groups in total. The van der Waals surface area contributed by atoms with Gasteiger partial charge >= 0.3 is 0 Å². The summed E-state index contributed by atoms with van der Waals surface area (Å²) in [7, 11) is 0. The molecule has 0 aliphatic carbocycles. The van der Waals surface area contributed by atoms with Crippen molar-refractivity contribution in [3.05, 3.63) is 59.7 Å². The zero-order valence-electron chi connectivity index (χ0n) is 22.6. The zero-order chi connectivity index (χ0) is 27.3. The molecule has 0 fully saturated rings. The number of aryl methyl sites for hydroxylation is 2. The summed E-state index contributed by atoms with van der Waals surface area (Å²) >= 11 is 0. The smallest absolute Gasteiger partial charge is 0.220 e. The van der Waals surface area contributed by atoms with Gasteiger partial charge in [-0.2, -0.15) is 0 Å². The van der Waals surface area contributed by atoms with E-state index in [9.17, 15) is 19.8 Å². The first-order valence-electron chi connectivity index (χ1n) is 14.0. The highest BCUT2D eigenvalue weighted by Gasteiger charge is 2.06. The summed E-state index contributed by atoms with van der Waals surface area (Å²) in [6.45, 7) is 5.12. The number of hydrogen-bond donors (Lipinski definition) is 6. The Morgan fingerprint density at radius 1 is 0.526 bits per heavy atom. The van der Waals surface area contributed by atoms with Gasteiger partial charge in [0.15, 0.2) is 0 Å². The summed E-state index contributed by atoms with van der Waals surface area (Å²) in [5.41, 5.74) is 1.61. The summed E-state index contributed by atoms with van der Waals surface area (Å²) in [5, 5.41) is 32.2. The Morgan fingerprint density at radius 2 is 0.921 bits per heavy atom. The SMILES string of the molecule is O=C(CCc1ccccc1O)NCCCNCCCCCCNCCCNC(=O)CCc1ccccc1O. The first-order valence-corrected chi connectivity index (χ1v) is 14.0. The Morgan fingerprint density at radius 3 is 1.34 bits per heavy atom. The van der Waals surface area contributed by atoms with Crippen LogP contribution >= 0.6 is 0 Å². The molecule has 2 aromatic carbocycles. The van der Waals surface area contributed by atoms with Crippen LogP contribution in [0.15, 0.2) is 48.5 Å². The third-order valence-corrected chi connectivity index (χ3v) is 6.39. The van der Waals surface area contributed by atoms with Crippen molar-refractivity contribution in [2.24, 2.45) is 0 Å². The van der Waals surface area contributed by atoms with Gasteiger partial charge in [0.1, 0.15) is 11.5 Å². The van der Waals surface area contributed by atoms with Gasteiger partial charge in [-0.25, -0.2) is 0 Å². The number of para-hydroxylation sites is 2. The molecule has 0 spiro atoms. The first-order chi connectivity index (χ1) is 18.6. The normalized spacial score (nSPS) is 10.8. The average molecular weight is 527 g/mol. The predicted molar refractivity (Wildman–Crippen MR) is 152 cm³/mol. The number of carbonyl (C=O) groups excluding carboxylic acids is 2. The largest absolute Gasteiger partial charge is 0.508 e. The Balaban J connectivity index is 1.28. The number of amides is 2. The highest BCUT2D eigenvalue weighted by atomic mass is 16.3. The topological polar surface area (TPSA) is 123 Å². The fourth-order valence-corrected chi connectivity index (χ4v) is 4.10. The summed E-state index contributed by atoms with van der Waals surface area (Å²) in [6.07, 6.45) is 8.39. The molecule has 0 radical (unpaired) electrons. The molecule has 38 heavy (non-hydrogen) atoms. The summed E-state index contributed by atoms with van der Waals surface area (Å²) in [5.74, 6) is 0.537. The molecule has 2 aromatic rings. The predicted octanol–water partition coefficient (Wildman–Crippen LogP) is 3.42. The van der Waals surface area contributed by atoms with Crippen LogP contribution in [0, 0.1) is 0 Å². The van der Waals surface area contributed by atoms with Gasteiger partial charge in [0, 0.05) is 25.9 Å². The van der Waals surface area contributed by atoms with Crippen LogP contribution in [0.2, 0.25) is 0 Å². The number of phenols is 2. The van der Waals surface area contributed by atoms with E-state index in [-0.39, 0.29) is 23.3 Å². The van der Waals surface area contributed by atoms with Crippen molar-refractivity contribution in [1.29, 1.82) is 0 Å². The first kappa shape index (κ1) is 31.1. The second-order valence-corrected chi connectivity index (χ2v) is 9.58. The number of phenolic OH excluding ortho intramolecular Hbond substituents is 2. The Labute approximate surface area is 227 Å². The van der Waals surface area contributed by atoms with E-state index in [0.717, 1.165) is 63.0 Å². The highest BCUT2D eigenvalue weighted by molar-refractivity contribution is 5.76. The van der Waals surface area contributed by atoms with Gasteiger partial charge in [-0.3, -0.25) is 9.59 Å². The number of aromatic hydroxyl groups is 2. The molecule has 8 heteroatoms. The molecule has 0 aliphatic rings. The van der Waals surface area contributed by atoms with E-state index in [2.05, 4.69) is 21.3 Å². The maximum Gasteiger partial charge on any atom is 0.220 e. The molecule has 0 saturated heterocycles. The second-order valence-electron chi connectivity index (χ2n) is 9.58. The molecule has 0 atom stereocenters. The number of benzene rings is 2. The van der Waals surface area contributed by atoms with E-state index >= 15 is 0 Å². The van der Waals surface area contributed by atoms with Crippen LogP contribution in [-0.2, 0) is 22.4 Å². The summed E-state index contributed by atoms with van der Waals surface area (Å²) in [6, 6.07) is 14.3. The van der Waals surface area contributed by atoms with Crippen LogP contribution in [0.1, 0.15) is 62.5 Å². The fourth-order valence-electron chi connectivity index (χ4n) is 4.10. The van der Waals surface area contributed by atoms with Gasteiger partial charge in [0.25, 0.3) is 0 Å². The third-order valence-electron chi connectivity index (χ3n) is 6.39. The van der Waals surface area contributed by atoms with Crippen molar-refractivity contribution >= 4 is 11.8 Å². The van der Waals surface area contributed by atoms with Gasteiger partial charge in [-0.1, -0.05) is 49.2 Å². The standard InChI is InChI=1S/C30H46N4O4/c35-27-13-5-3-11-25(27)15-17-29(37)33-23-9-21-31-19-7-1-2-8-20-32-22-10-24-34-30(38)18-16-26-12-4-6-14-28(26)36/h3-6,11-14,31-32,35-36H,1-2,7-10,15-24H2,(H,33,37)(H,34,38). The van der Waals surface area contributed by atoms with Gasteiger partial charge < -0.3 is 31.5 Å². The molecule has 0 aliphatic heterocycles. The number of unbranched alkanes of at least 4 members (excludes halogenated alkanes) is 3. The lowest BCUT2D eigenvalue weighted by Crippen LogP contribution is -2.28. The Kier molecular flexibility index (Phi) is 16.3. The molecule has 8 nitrogen and oxygen atoms in total. The minimum Gasteiger partial charge on any atom is -0.508 e. The molecule has 0 heterocycles. The summed E-state index contributed by atoms with van der Waals surface area (Å²) < 4.78 is 0. The molecular formula is C30H46N4O4. The minimum atomic E-state index is 0.0207. The molecule has 0 unspecified atom stereocenters. The average Bonchev–Trinajstić information content (AvgIpc) is 2.92. The Hall–Kier alpha value is -3.10. The van der Waals surface area contributed by atoms with Crippen molar-refractivity contribution in [3.8, 4) is 11.5 Å².